The van der Waals surface area contributed by atoms with Crippen LogP contribution in [0.3, 0.4) is 0 Å². The lowest BCUT2D eigenvalue weighted by atomic mass is 10.1. The monoisotopic (exact) mass is 512 g/mol. The third kappa shape index (κ3) is 7.49. The summed E-state index contributed by atoms with van der Waals surface area (Å²) in [6.07, 6.45) is 3.29. The minimum Gasteiger partial charge on any atom is -0.490 e. The Bertz CT molecular complexity index is 1390. The number of nitrogens with zero attached hydrogens (tertiary/aromatic N) is 1. The number of alkyl carbamates (subject to hydrolysis) is 1. The van der Waals surface area contributed by atoms with Crippen LogP contribution in [-0.4, -0.2) is 29.9 Å². The zero-order valence-electron chi connectivity index (χ0n) is 21.7. The number of benzene rings is 3. The standard InChI is InChI=1S/C31H32N2O5/c1-23(2)16-18-36-27-13-14-29-28(19-27)26(15-17-32-30(34)37-21-24-9-5-3-6-10-24)20-33(29)31(35)38-22-25-11-7-4-8-12-25/h3-14,16,19-20H,15,17-18,21-22H2,1-2H3,(H,32,34). The molecule has 0 fully saturated rings. The van der Waals surface area contributed by atoms with E-state index in [0.29, 0.717) is 30.8 Å². The van der Waals surface area contributed by atoms with Crippen LogP contribution in [0.4, 0.5) is 9.59 Å². The minimum absolute atomic E-state index is 0.174. The molecule has 0 radical (unpaired) electrons. The van der Waals surface area contributed by atoms with Crippen molar-refractivity contribution in [2.24, 2.45) is 0 Å². The van der Waals surface area contributed by atoms with Crippen LogP contribution in [0.1, 0.15) is 30.5 Å². The van der Waals surface area contributed by atoms with E-state index in [0.717, 1.165) is 22.1 Å². The molecule has 0 aliphatic rings. The maximum absolute atomic E-state index is 13.0. The first-order valence-electron chi connectivity index (χ1n) is 12.6. The highest BCUT2D eigenvalue weighted by Crippen LogP contribution is 2.27. The second-order valence-corrected chi connectivity index (χ2v) is 9.07. The van der Waals surface area contributed by atoms with Gasteiger partial charge in [0.2, 0.25) is 0 Å². The second kappa shape index (κ2) is 13.1. The Labute approximate surface area is 222 Å². The van der Waals surface area contributed by atoms with Crippen molar-refractivity contribution < 1.29 is 23.8 Å². The molecule has 0 aliphatic carbocycles. The summed E-state index contributed by atoms with van der Waals surface area (Å²) in [5.74, 6) is 0.696. The molecule has 0 spiro atoms. The Hall–Kier alpha value is -4.52. The fourth-order valence-corrected chi connectivity index (χ4v) is 3.88. The third-order valence-electron chi connectivity index (χ3n) is 5.88. The van der Waals surface area contributed by atoms with Gasteiger partial charge in [0.1, 0.15) is 25.6 Å². The van der Waals surface area contributed by atoms with Gasteiger partial charge in [0.05, 0.1) is 5.52 Å². The molecule has 0 aliphatic heterocycles. The number of nitrogens with one attached hydrogen (secondary N) is 1. The van der Waals surface area contributed by atoms with Crippen LogP contribution in [0.5, 0.6) is 5.75 Å². The third-order valence-corrected chi connectivity index (χ3v) is 5.88. The highest BCUT2D eigenvalue weighted by Gasteiger charge is 2.16. The zero-order valence-corrected chi connectivity index (χ0v) is 21.7. The van der Waals surface area contributed by atoms with Gasteiger partial charge in [0.25, 0.3) is 0 Å². The van der Waals surface area contributed by atoms with E-state index < -0.39 is 12.2 Å². The molecule has 0 atom stereocenters. The number of aromatic nitrogens is 1. The highest BCUT2D eigenvalue weighted by atomic mass is 16.6. The van der Waals surface area contributed by atoms with E-state index in [1.807, 2.05) is 98.8 Å². The summed E-state index contributed by atoms with van der Waals surface area (Å²) in [5, 5.41) is 3.64. The van der Waals surface area contributed by atoms with Crippen LogP contribution in [-0.2, 0) is 29.1 Å². The van der Waals surface area contributed by atoms with Crippen molar-refractivity contribution in [3.63, 3.8) is 0 Å². The molecule has 0 bridgehead atoms. The van der Waals surface area contributed by atoms with E-state index in [9.17, 15) is 9.59 Å². The van der Waals surface area contributed by atoms with E-state index in [1.54, 1.807) is 6.20 Å². The van der Waals surface area contributed by atoms with Crippen molar-refractivity contribution in [2.75, 3.05) is 13.2 Å². The molecule has 0 saturated heterocycles. The molecule has 0 saturated carbocycles. The van der Waals surface area contributed by atoms with Crippen LogP contribution in [0.2, 0.25) is 0 Å². The molecule has 196 valence electrons. The van der Waals surface area contributed by atoms with Gasteiger partial charge in [0, 0.05) is 18.1 Å². The molecule has 3 aromatic carbocycles. The summed E-state index contributed by atoms with van der Waals surface area (Å²) < 4.78 is 18.2. The molecule has 1 heterocycles. The Balaban J connectivity index is 1.45. The van der Waals surface area contributed by atoms with Crippen molar-refractivity contribution in [1.82, 2.24) is 9.88 Å². The Morgan fingerprint density at radius 2 is 1.53 bits per heavy atom. The molecule has 7 heteroatoms. The first-order valence-corrected chi connectivity index (χ1v) is 12.6. The summed E-state index contributed by atoms with van der Waals surface area (Å²) in [6.45, 7) is 5.21. The molecule has 1 amide bonds. The van der Waals surface area contributed by atoms with Gasteiger partial charge in [-0.05, 0) is 61.2 Å². The summed E-state index contributed by atoms with van der Waals surface area (Å²) in [6, 6.07) is 24.6. The number of carbonyl (C=O) groups is 2. The molecule has 38 heavy (non-hydrogen) atoms. The first-order chi connectivity index (χ1) is 18.5. The van der Waals surface area contributed by atoms with Crippen LogP contribution in [0.15, 0.2) is 96.7 Å². The number of allylic oxidation sites excluding steroid dienone is 1. The molecular weight excluding hydrogens is 480 g/mol. The molecule has 1 N–H and O–H groups in total. The van der Waals surface area contributed by atoms with Gasteiger partial charge in [-0.1, -0.05) is 66.2 Å². The van der Waals surface area contributed by atoms with Gasteiger partial charge in [-0.25, -0.2) is 9.59 Å². The molecule has 4 aromatic rings. The Kier molecular flexibility index (Phi) is 9.18. The SMILES string of the molecule is CC(C)=CCOc1ccc2c(c1)c(CCNC(=O)OCc1ccccc1)cn2C(=O)OCc1ccccc1. The summed E-state index contributed by atoms with van der Waals surface area (Å²) in [7, 11) is 0. The molecule has 0 unspecified atom stereocenters. The maximum Gasteiger partial charge on any atom is 0.418 e. The van der Waals surface area contributed by atoms with Crippen LogP contribution >= 0.6 is 0 Å². The van der Waals surface area contributed by atoms with Crippen LogP contribution < -0.4 is 10.1 Å². The number of ether oxygens (including phenoxy) is 3. The Morgan fingerprint density at radius 1 is 0.868 bits per heavy atom. The summed E-state index contributed by atoms with van der Waals surface area (Å²) in [5.41, 5.74) is 4.59. The summed E-state index contributed by atoms with van der Waals surface area (Å²) >= 11 is 0. The fraction of sp³-hybridized carbons (Fsp3) is 0.226. The smallest absolute Gasteiger partial charge is 0.418 e. The van der Waals surface area contributed by atoms with E-state index in [-0.39, 0.29) is 13.2 Å². The van der Waals surface area contributed by atoms with Gasteiger partial charge in [-0.15, -0.1) is 0 Å². The van der Waals surface area contributed by atoms with E-state index >= 15 is 0 Å². The van der Waals surface area contributed by atoms with E-state index in [1.165, 1.54) is 10.1 Å². The number of hydrogen-bond donors (Lipinski definition) is 1. The van der Waals surface area contributed by atoms with Gasteiger partial charge in [-0.2, -0.15) is 0 Å². The minimum atomic E-state index is -0.495. The number of rotatable bonds is 10. The second-order valence-electron chi connectivity index (χ2n) is 9.07. The lowest BCUT2D eigenvalue weighted by Crippen LogP contribution is -2.26. The molecule has 7 nitrogen and oxygen atoms in total. The van der Waals surface area contributed by atoms with Gasteiger partial charge < -0.3 is 19.5 Å². The quantitative estimate of drug-likeness (QED) is 0.241. The van der Waals surface area contributed by atoms with Gasteiger partial charge >= 0.3 is 12.2 Å². The van der Waals surface area contributed by atoms with E-state index in [2.05, 4.69) is 5.32 Å². The lowest BCUT2D eigenvalue weighted by Gasteiger charge is -2.08. The lowest BCUT2D eigenvalue weighted by molar-refractivity contribution is 0.139. The average Bonchev–Trinajstić information content (AvgIpc) is 3.29. The topological polar surface area (TPSA) is 78.8 Å². The maximum atomic E-state index is 13.0. The fourth-order valence-electron chi connectivity index (χ4n) is 3.88. The van der Waals surface area contributed by atoms with Crippen LogP contribution in [0, 0.1) is 0 Å². The number of amides is 1. The van der Waals surface area contributed by atoms with Crippen molar-refractivity contribution in [3.8, 4) is 5.75 Å². The van der Waals surface area contributed by atoms with Gasteiger partial charge in [0.15, 0.2) is 0 Å². The molecule has 4 rings (SSSR count). The average molecular weight is 513 g/mol. The van der Waals surface area contributed by atoms with Crippen molar-refractivity contribution in [3.05, 3.63) is 113 Å². The number of fused-ring (bicyclic) bond motifs is 1. The number of carbonyl (C=O) groups excluding carboxylic acids is 2. The van der Waals surface area contributed by atoms with Crippen molar-refractivity contribution in [1.29, 1.82) is 0 Å². The van der Waals surface area contributed by atoms with E-state index in [4.69, 9.17) is 14.2 Å². The molecular formula is C31H32N2O5. The Morgan fingerprint density at radius 3 is 2.18 bits per heavy atom. The highest BCUT2D eigenvalue weighted by molar-refractivity contribution is 5.93. The number of hydrogen-bond acceptors (Lipinski definition) is 5. The summed E-state index contributed by atoms with van der Waals surface area (Å²) in [4.78, 5) is 25.2. The largest absolute Gasteiger partial charge is 0.490 e. The predicted molar refractivity (Wildman–Crippen MR) is 147 cm³/mol. The molecule has 1 aromatic heterocycles. The predicted octanol–water partition coefficient (Wildman–Crippen LogP) is 6.64. The van der Waals surface area contributed by atoms with Crippen molar-refractivity contribution >= 4 is 23.1 Å². The zero-order chi connectivity index (χ0) is 26.7. The van der Waals surface area contributed by atoms with Crippen LogP contribution in [0.25, 0.3) is 10.9 Å². The first kappa shape index (κ1) is 26.5. The van der Waals surface area contributed by atoms with Gasteiger partial charge in [-0.3, -0.25) is 4.57 Å². The normalized spacial score (nSPS) is 10.6. The van der Waals surface area contributed by atoms with Crippen molar-refractivity contribution in [2.45, 2.75) is 33.5 Å².